The highest BCUT2D eigenvalue weighted by molar-refractivity contribution is 5.23. The summed E-state index contributed by atoms with van der Waals surface area (Å²) in [6.45, 7) is 4.35. The van der Waals surface area contributed by atoms with Crippen molar-refractivity contribution >= 4 is 0 Å². The molecule has 17 heavy (non-hydrogen) atoms. The van der Waals surface area contributed by atoms with E-state index >= 15 is 0 Å². The van der Waals surface area contributed by atoms with E-state index in [4.69, 9.17) is 4.84 Å². The van der Waals surface area contributed by atoms with Gasteiger partial charge in [0.2, 0.25) is 0 Å². The Bertz CT molecular complexity index is 335. The van der Waals surface area contributed by atoms with Crippen LogP contribution in [0.4, 0.5) is 0 Å². The molecule has 1 aromatic rings. The minimum absolute atomic E-state index is 0.768. The Hall–Kier alpha value is -0.900. The maximum Gasteiger partial charge on any atom is 0.0572 e. The third-order valence-corrected chi connectivity index (χ3v) is 3.27. The van der Waals surface area contributed by atoms with Gasteiger partial charge in [-0.05, 0) is 37.1 Å². The first-order valence-corrected chi connectivity index (χ1v) is 6.44. The summed E-state index contributed by atoms with van der Waals surface area (Å²) in [5, 5.41) is 0. The van der Waals surface area contributed by atoms with Crippen molar-refractivity contribution in [2.45, 2.75) is 32.4 Å². The monoisotopic (exact) mass is 234 g/mol. The maximum atomic E-state index is 4.88. The number of likely N-dealkylation sites (tertiary alicyclic amines) is 1. The molecule has 0 aliphatic carbocycles. The van der Waals surface area contributed by atoms with Gasteiger partial charge in [-0.1, -0.05) is 30.7 Å². The Labute approximate surface area is 104 Å². The first-order valence-electron chi connectivity index (χ1n) is 6.44. The van der Waals surface area contributed by atoms with Crippen LogP contribution in [0.2, 0.25) is 0 Å². The number of hydrogen-bond acceptors (Lipinski definition) is 3. The van der Waals surface area contributed by atoms with E-state index in [1.54, 1.807) is 7.11 Å². The Morgan fingerprint density at radius 2 is 1.94 bits per heavy atom. The molecule has 3 heteroatoms. The maximum absolute atomic E-state index is 4.88. The first-order chi connectivity index (χ1) is 8.38. The van der Waals surface area contributed by atoms with E-state index in [-0.39, 0.29) is 0 Å². The highest BCUT2D eigenvalue weighted by Gasteiger charge is 2.10. The molecule has 0 saturated carbocycles. The van der Waals surface area contributed by atoms with Crippen molar-refractivity contribution in [1.82, 2.24) is 10.4 Å². The highest BCUT2D eigenvalue weighted by atomic mass is 16.6. The van der Waals surface area contributed by atoms with Gasteiger partial charge in [0.05, 0.1) is 7.11 Å². The van der Waals surface area contributed by atoms with Gasteiger partial charge < -0.3 is 4.84 Å². The van der Waals surface area contributed by atoms with Crippen LogP contribution >= 0.6 is 0 Å². The molecule has 2 rings (SSSR count). The summed E-state index contributed by atoms with van der Waals surface area (Å²) in [5.74, 6) is 0. The van der Waals surface area contributed by atoms with Crippen molar-refractivity contribution < 1.29 is 4.84 Å². The Kier molecular flexibility index (Phi) is 4.98. The minimum Gasteiger partial charge on any atom is -0.305 e. The van der Waals surface area contributed by atoms with Crippen molar-refractivity contribution in [3.63, 3.8) is 0 Å². The van der Waals surface area contributed by atoms with Crippen molar-refractivity contribution in [2.75, 3.05) is 20.2 Å². The van der Waals surface area contributed by atoms with Gasteiger partial charge in [0.25, 0.3) is 0 Å². The Balaban J connectivity index is 1.90. The zero-order valence-corrected chi connectivity index (χ0v) is 10.6. The van der Waals surface area contributed by atoms with Crippen molar-refractivity contribution in [1.29, 1.82) is 0 Å². The number of nitrogens with one attached hydrogen (secondary N) is 1. The van der Waals surface area contributed by atoms with Gasteiger partial charge in [-0.25, -0.2) is 0 Å². The molecule has 0 spiro atoms. The fraction of sp³-hybridized carbons (Fsp3) is 0.571. The molecule has 1 N–H and O–H groups in total. The molecule has 0 aromatic heterocycles. The summed E-state index contributed by atoms with van der Waals surface area (Å²) < 4.78 is 0. The quantitative estimate of drug-likeness (QED) is 0.791. The van der Waals surface area contributed by atoms with Gasteiger partial charge >= 0.3 is 0 Å². The molecular weight excluding hydrogens is 212 g/mol. The van der Waals surface area contributed by atoms with Crippen LogP contribution in [0.15, 0.2) is 24.3 Å². The fourth-order valence-electron chi connectivity index (χ4n) is 2.37. The van der Waals surface area contributed by atoms with Gasteiger partial charge in [-0.15, -0.1) is 0 Å². The van der Waals surface area contributed by atoms with Crippen LogP contribution in [-0.4, -0.2) is 25.1 Å². The normalized spacial score (nSPS) is 17.2. The number of piperidine rings is 1. The predicted octanol–water partition coefficient (Wildman–Crippen LogP) is 2.32. The van der Waals surface area contributed by atoms with E-state index in [0.717, 1.165) is 13.1 Å². The van der Waals surface area contributed by atoms with Gasteiger partial charge in [0.1, 0.15) is 0 Å². The summed E-state index contributed by atoms with van der Waals surface area (Å²) in [6, 6.07) is 8.74. The third kappa shape index (κ3) is 4.11. The number of nitrogens with zero attached hydrogens (tertiary/aromatic N) is 1. The molecule has 3 nitrogen and oxygen atoms in total. The lowest BCUT2D eigenvalue weighted by Crippen LogP contribution is -2.29. The smallest absolute Gasteiger partial charge is 0.0572 e. The molecule has 0 atom stereocenters. The predicted molar refractivity (Wildman–Crippen MR) is 69.4 cm³/mol. The molecule has 1 saturated heterocycles. The number of hydrogen-bond donors (Lipinski definition) is 1. The van der Waals surface area contributed by atoms with Crippen LogP contribution in [0.25, 0.3) is 0 Å². The van der Waals surface area contributed by atoms with Crippen LogP contribution < -0.4 is 5.48 Å². The zero-order chi connectivity index (χ0) is 11.9. The molecule has 0 radical (unpaired) electrons. The van der Waals surface area contributed by atoms with Gasteiger partial charge in [-0.3, -0.25) is 4.90 Å². The minimum atomic E-state index is 0.768. The summed E-state index contributed by atoms with van der Waals surface area (Å²) in [4.78, 5) is 7.42. The van der Waals surface area contributed by atoms with E-state index in [1.807, 2.05) is 0 Å². The van der Waals surface area contributed by atoms with Crippen molar-refractivity contribution in [3.8, 4) is 0 Å². The van der Waals surface area contributed by atoms with Crippen LogP contribution in [0.3, 0.4) is 0 Å². The average Bonchev–Trinajstić information content (AvgIpc) is 2.38. The van der Waals surface area contributed by atoms with Crippen LogP contribution in [0.1, 0.15) is 30.4 Å². The lowest BCUT2D eigenvalue weighted by Gasteiger charge is -2.26. The van der Waals surface area contributed by atoms with Crippen molar-refractivity contribution in [2.24, 2.45) is 0 Å². The first kappa shape index (κ1) is 12.6. The van der Waals surface area contributed by atoms with Crippen LogP contribution in [0.5, 0.6) is 0 Å². The van der Waals surface area contributed by atoms with Crippen LogP contribution in [0, 0.1) is 0 Å². The average molecular weight is 234 g/mol. The molecule has 0 unspecified atom stereocenters. The number of hydroxylamine groups is 1. The fourth-order valence-corrected chi connectivity index (χ4v) is 2.37. The molecule has 0 bridgehead atoms. The molecule has 1 heterocycles. The van der Waals surface area contributed by atoms with Gasteiger partial charge in [-0.2, -0.15) is 5.48 Å². The largest absolute Gasteiger partial charge is 0.305 e. The van der Waals surface area contributed by atoms with E-state index < -0.39 is 0 Å². The molecule has 94 valence electrons. The molecule has 1 fully saturated rings. The summed E-state index contributed by atoms with van der Waals surface area (Å²) >= 11 is 0. The topological polar surface area (TPSA) is 24.5 Å². The number of benzene rings is 1. The Morgan fingerprint density at radius 1 is 1.18 bits per heavy atom. The van der Waals surface area contributed by atoms with Gasteiger partial charge in [0.15, 0.2) is 0 Å². The van der Waals surface area contributed by atoms with E-state index in [1.165, 1.54) is 43.5 Å². The highest BCUT2D eigenvalue weighted by Crippen LogP contribution is 2.14. The second kappa shape index (κ2) is 6.74. The second-order valence-electron chi connectivity index (χ2n) is 4.68. The van der Waals surface area contributed by atoms with E-state index in [9.17, 15) is 0 Å². The summed E-state index contributed by atoms with van der Waals surface area (Å²) in [7, 11) is 1.65. The third-order valence-electron chi connectivity index (χ3n) is 3.27. The molecule has 1 aliphatic heterocycles. The summed E-state index contributed by atoms with van der Waals surface area (Å²) in [5.41, 5.74) is 5.57. The molecule has 1 aromatic carbocycles. The zero-order valence-electron chi connectivity index (χ0n) is 10.6. The lowest BCUT2D eigenvalue weighted by molar-refractivity contribution is 0.0867. The Morgan fingerprint density at radius 3 is 2.71 bits per heavy atom. The van der Waals surface area contributed by atoms with Crippen molar-refractivity contribution in [3.05, 3.63) is 35.4 Å². The SMILES string of the molecule is CONCc1cccc(CN2CCCCC2)c1. The van der Waals surface area contributed by atoms with E-state index in [0.29, 0.717) is 0 Å². The van der Waals surface area contributed by atoms with E-state index in [2.05, 4.69) is 34.6 Å². The van der Waals surface area contributed by atoms with Gasteiger partial charge in [0, 0.05) is 13.1 Å². The molecule has 0 amide bonds. The summed E-state index contributed by atoms with van der Waals surface area (Å²) in [6.07, 6.45) is 4.10. The lowest BCUT2D eigenvalue weighted by atomic mass is 10.1. The standard InChI is InChI=1S/C14H22N2O/c1-17-15-11-13-6-5-7-14(10-13)12-16-8-3-2-4-9-16/h5-7,10,15H,2-4,8-9,11-12H2,1H3. The van der Waals surface area contributed by atoms with Crippen LogP contribution in [-0.2, 0) is 17.9 Å². The number of rotatable bonds is 5. The second-order valence-corrected chi connectivity index (χ2v) is 4.68. The molecule has 1 aliphatic rings. The molecular formula is C14H22N2O.